The minimum absolute atomic E-state index is 0.146. The number of nitrogens with zero attached hydrogens (tertiary/aromatic N) is 2. The maximum absolute atomic E-state index is 11.8. The van der Waals surface area contributed by atoms with Gasteiger partial charge in [0.15, 0.2) is 0 Å². The van der Waals surface area contributed by atoms with E-state index in [4.69, 9.17) is 11.6 Å². The second kappa shape index (κ2) is 5.24. The van der Waals surface area contributed by atoms with E-state index in [0.717, 1.165) is 0 Å². The van der Waals surface area contributed by atoms with Crippen molar-refractivity contribution in [2.75, 3.05) is 18.6 Å². The molecular formula is C11H10BrClN2O3. The maximum atomic E-state index is 11.8. The summed E-state index contributed by atoms with van der Waals surface area (Å²) in [6.07, 6.45) is 0.147. The monoisotopic (exact) mass is 332 g/mol. The quantitative estimate of drug-likeness (QED) is 0.614. The molecule has 1 saturated heterocycles. The second-order valence-electron chi connectivity index (χ2n) is 3.87. The number of pyridine rings is 1. The standard InChI is InChI=1S/C11H10BrClN2O3/c1-18-11(17)6-4-9(16)15(5-6)8-3-2-7(13)10(12)14-8/h2-3,6H,4-5H2,1H3. The largest absolute Gasteiger partial charge is 0.469 e. The lowest BCUT2D eigenvalue weighted by Crippen LogP contribution is -2.27. The predicted molar refractivity (Wildman–Crippen MR) is 69.4 cm³/mol. The Bertz CT molecular complexity index is 509. The lowest BCUT2D eigenvalue weighted by Gasteiger charge is -2.15. The molecule has 0 bridgehead atoms. The smallest absolute Gasteiger partial charge is 0.311 e. The van der Waals surface area contributed by atoms with Crippen LogP contribution >= 0.6 is 27.5 Å². The van der Waals surface area contributed by atoms with Gasteiger partial charge in [0, 0.05) is 13.0 Å². The fourth-order valence-corrected chi connectivity index (χ4v) is 2.23. The minimum Gasteiger partial charge on any atom is -0.469 e. The number of rotatable bonds is 2. The first kappa shape index (κ1) is 13.3. The van der Waals surface area contributed by atoms with Crippen LogP contribution in [0.25, 0.3) is 0 Å². The van der Waals surface area contributed by atoms with Gasteiger partial charge in [0.2, 0.25) is 5.91 Å². The van der Waals surface area contributed by atoms with Gasteiger partial charge in [0.1, 0.15) is 10.4 Å². The lowest BCUT2D eigenvalue weighted by atomic mass is 10.1. The molecule has 0 saturated carbocycles. The highest BCUT2D eigenvalue weighted by molar-refractivity contribution is 9.10. The van der Waals surface area contributed by atoms with Crippen molar-refractivity contribution < 1.29 is 14.3 Å². The summed E-state index contributed by atoms with van der Waals surface area (Å²) < 4.78 is 5.11. The van der Waals surface area contributed by atoms with E-state index < -0.39 is 5.92 Å². The Morgan fingerprint density at radius 2 is 2.33 bits per heavy atom. The number of hydrogen-bond acceptors (Lipinski definition) is 4. The van der Waals surface area contributed by atoms with Gasteiger partial charge in [0.25, 0.3) is 0 Å². The van der Waals surface area contributed by atoms with E-state index in [1.807, 2.05) is 0 Å². The van der Waals surface area contributed by atoms with Gasteiger partial charge in [-0.2, -0.15) is 0 Å². The molecule has 7 heteroatoms. The summed E-state index contributed by atoms with van der Waals surface area (Å²) in [6.45, 7) is 0.284. The molecule has 1 aromatic rings. The van der Waals surface area contributed by atoms with Crippen LogP contribution in [0.2, 0.25) is 5.02 Å². The maximum Gasteiger partial charge on any atom is 0.311 e. The molecule has 0 radical (unpaired) electrons. The number of methoxy groups -OCH3 is 1. The van der Waals surface area contributed by atoms with Crippen molar-refractivity contribution in [1.82, 2.24) is 4.98 Å². The summed E-state index contributed by atoms with van der Waals surface area (Å²) in [5.74, 6) is -0.479. The molecule has 1 amide bonds. The van der Waals surface area contributed by atoms with Crippen LogP contribution in [0.5, 0.6) is 0 Å². The van der Waals surface area contributed by atoms with E-state index in [0.29, 0.717) is 15.4 Å². The topological polar surface area (TPSA) is 59.5 Å². The molecule has 0 N–H and O–H groups in total. The molecule has 0 spiro atoms. The van der Waals surface area contributed by atoms with Crippen molar-refractivity contribution >= 4 is 45.2 Å². The molecule has 0 aliphatic carbocycles. The number of halogens is 2. The zero-order chi connectivity index (χ0) is 13.3. The molecule has 1 aliphatic heterocycles. The predicted octanol–water partition coefficient (Wildman–Crippen LogP) is 2.02. The van der Waals surface area contributed by atoms with Crippen LogP contribution in [0.3, 0.4) is 0 Å². The molecule has 1 aromatic heterocycles. The first-order chi connectivity index (χ1) is 8.52. The molecule has 1 fully saturated rings. The van der Waals surface area contributed by atoms with Crippen molar-refractivity contribution in [2.24, 2.45) is 5.92 Å². The van der Waals surface area contributed by atoms with Gasteiger partial charge >= 0.3 is 5.97 Å². The summed E-state index contributed by atoms with van der Waals surface area (Å²) in [6, 6.07) is 3.29. The molecule has 2 heterocycles. The van der Waals surface area contributed by atoms with E-state index in [9.17, 15) is 9.59 Å². The Labute approximate surface area is 117 Å². The third-order valence-corrected chi connectivity index (χ3v) is 3.86. The summed E-state index contributed by atoms with van der Waals surface area (Å²) in [5, 5.41) is 0.468. The van der Waals surface area contributed by atoms with Crippen molar-refractivity contribution in [3.8, 4) is 0 Å². The highest BCUT2D eigenvalue weighted by atomic mass is 79.9. The van der Waals surface area contributed by atoms with Crippen LogP contribution < -0.4 is 4.90 Å². The molecule has 2 rings (SSSR count). The van der Waals surface area contributed by atoms with Crippen molar-refractivity contribution in [3.05, 3.63) is 21.8 Å². The Kier molecular flexibility index (Phi) is 3.87. The van der Waals surface area contributed by atoms with E-state index in [-0.39, 0.29) is 24.8 Å². The average molecular weight is 334 g/mol. The summed E-state index contributed by atoms with van der Waals surface area (Å²) in [5.41, 5.74) is 0. The van der Waals surface area contributed by atoms with E-state index >= 15 is 0 Å². The summed E-state index contributed by atoms with van der Waals surface area (Å²) >= 11 is 9.04. The average Bonchev–Trinajstić information content (AvgIpc) is 2.74. The van der Waals surface area contributed by atoms with Gasteiger partial charge in [-0.15, -0.1) is 0 Å². The number of anilines is 1. The van der Waals surface area contributed by atoms with Crippen molar-refractivity contribution in [3.63, 3.8) is 0 Å². The lowest BCUT2D eigenvalue weighted by molar-refractivity contribution is -0.145. The van der Waals surface area contributed by atoms with Gasteiger partial charge in [-0.25, -0.2) is 4.98 Å². The number of esters is 1. The zero-order valence-electron chi connectivity index (χ0n) is 9.52. The SMILES string of the molecule is COC(=O)C1CC(=O)N(c2ccc(Cl)c(Br)n2)C1. The Hall–Kier alpha value is -1.14. The number of ether oxygens (including phenoxy) is 1. The molecule has 5 nitrogen and oxygen atoms in total. The van der Waals surface area contributed by atoms with Gasteiger partial charge < -0.3 is 4.74 Å². The van der Waals surface area contributed by atoms with Crippen molar-refractivity contribution in [2.45, 2.75) is 6.42 Å². The number of aromatic nitrogens is 1. The summed E-state index contributed by atoms with van der Waals surface area (Å²) in [4.78, 5) is 28.9. The third kappa shape index (κ3) is 2.49. The number of hydrogen-bond donors (Lipinski definition) is 0. The normalized spacial score (nSPS) is 19.2. The fourth-order valence-electron chi connectivity index (χ4n) is 1.81. The van der Waals surface area contributed by atoms with Crippen molar-refractivity contribution in [1.29, 1.82) is 0 Å². The molecule has 1 aliphatic rings. The van der Waals surface area contributed by atoms with Crippen LogP contribution in [0.4, 0.5) is 5.82 Å². The number of amides is 1. The van der Waals surface area contributed by atoms with Crippen LogP contribution in [0.15, 0.2) is 16.7 Å². The Morgan fingerprint density at radius 3 is 2.94 bits per heavy atom. The van der Waals surface area contributed by atoms with Gasteiger partial charge in [0.05, 0.1) is 18.1 Å². The van der Waals surface area contributed by atoms with Gasteiger partial charge in [-0.1, -0.05) is 11.6 Å². The van der Waals surface area contributed by atoms with Crippen LogP contribution in [-0.4, -0.2) is 30.5 Å². The molecule has 0 aromatic carbocycles. The van der Waals surface area contributed by atoms with E-state index in [2.05, 4.69) is 25.7 Å². The van der Waals surface area contributed by atoms with Gasteiger partial charge in [-0.3, -0.25) is 14.5 Å². The Balaban J connectivity index is 2.21. The van der Waals surface area contributed by atoms with Crippen LogP contribution in [-0.2, 0) is 14.3 Å². The second-order valence-corrected chi connectivity index (χ2v) is 5.03. The van der Waals surface area contributed by atoms with Crippen LogP contribution in [0.1, 0.15) is 6.42 Å². The van der Waals surface area contributed by atoms with Crippen LogP contribution in [0, 0.1) is 5.92 Å². The van der Waals surface area contributed by atoms with E-state index in [1.54, 1.807) is 12.1 Å². The molecule has 1 atom stereocenters. The number of carbonyl (C=O) groups is 2. The van der Waals surface area contributed by atoms with Gasteiger partial charge in [-0.05, 0) is 28.1 Å². The molecule has 96 valence electrons. The van der Waals surface area contributed by atoms with E-state index in [1.165, 1.54) is 12.0 Å². The Morgan fingerprint density at radius 1 is 1.61 bits per heavy atom. The third-order valence-electron chi connectivity index (χ3n) is 2.72. The molecule has 1 unspecified atom stereocenters. The minimum atomic E-state index is -0.432. The molecular weight excluding hydrogens is 323 g/mol. The summed E-state index contributed by atoms with van der Waals surface area (Å²) in [7, 11) is 1.31. The number of carbonyl (C=O) groups excluding carboxylic acids is 2. The first-order valence-corrected chi connectivity index (χ1v) is 6.40. The highest BCUT2D eigenvalue weighted by Gasteiger charge is 2.36. The zero-order valence-corrected chi connectivity index (χ0v) is 11.9. The fraction of sp³-hybridized carbons (Fsp3) is 0.364. The molecule has 18 heavy (non-hydrogen) atoms. The highest BCUT2D eigenvalue weighted by Crippen LogP contribution is 2.28. The first-order valence-electron chi connectivity index (χ1n) is 5.23.